The number of rotatable bonds is 7. The van der Waals surface area contributed by atoms with Crippen LogP contribution in [0.3, 0.4) is 0 Å². The summed E-state index contributed by atoms with van der Waals surface area (Å²) in [5.74, 6) is 0.954. The van der Waals surface area contributed by atoms with Crippen molar-refractivity contribution in [1.29, 1.82) is 0 Å². The minimum atomic E-state index is -0.134. The van der Waals surface area contributed by atoms with Crippen LogP contribution < -0.4 is 15.4 Å². The molecule has 0 saturated heterocycles. The lowest BCUT2D eigenvalue weighted by molar-refractivity contribution is 0.116. The molecule has 0 aliphatic carbocycles. The molecule has 1 aromatic carbocycles. The lowest BCUT2D eigenvalue weighted by atomic mass is 10.0. The number of hydrogen-bond donors (Lipinski definition) is 2. The fourth-order valence-electron chi connectivity index (χ4n) is 2.56. The van der Waals surface area contributed by atoms with Gasteiger partial charge in [0.05, 0.1) is 12.2 Å². The van der Waals surface area contributed by atoms with E-state index in [0.717, 1.165) is 44.0 Å². The maximum Gasteiger partial charge on any atom is 0.143 e. The van der Waals surface area contributed by atoms with E-state index in [1.54, 1.807) is 7.11 Å². The van der Waals surface area contributed by atoms with Gasteiger partial charge in [0, 0.05) is 19.8 Å². The molecular formula is C17H28N2O2. The maximum atomic E-state index is 5.98. The Hall–Kier alpha value is -1.26. The smallest absolute Gasteiger partial charge is 0.143 e. The lowest BCUT2D eigenvalue weighted by Gasteiger charge is -2.33. The Bertz CT molecular complexity index is 460. The molecule has 0 radical (unpaired) electrons. The Morgan fingerprint density at radius 3 is 3.00 bits per heavy atom. The largest absolute Gasteiger partial charge is 0.484 e. The molecule has 2 rings (SSSR count). The summed E-state index contributed by atoms with van der Waals surface area (Å²) in [6, 6.07) is 6.91. The van der Waals surface area contributed by atoms with E-state index in [0.29, 0.717) is 6.04 Å². The van der Waals surface area contributed by atoms with Crippen LogP contribution in [0.5, 0.6) is 5.75 Å². The highest BCUT2D eigenvalue weighted by atomic mass is 16.5. The van der Waals surface area contributed by atoms with Crippen LogP contribution in [0.1, 0.15) is 32.8 Å². The van der Waals surface area contributed by atoms with E-state index < -0.39 is 0 Å². The SMILES string of the molecule is COCCCNC(C)Cc1ccc2c(c1)NCC(C)(C)O2. The molecule has 4 heteroatoms. The van der Waals surface area contributed by atoms with Crippen LogP contribution in [0, 0.1) is 0 Å². The van der Waals surface area contributed by atoms with Crippen molar-refractivity contribution in [1.82, 2.24) is 5.32 Å². The maximum absolute atomic E-state index is 5.98. The van der Waals surface area contributed by atoms with Gasteiger partial charge in [-0.05, 0) is 57.9 Å². The van der Waals surface area contributed by atoms with E-state index in [1.807, 2.05) is 0 Å². The predicted molar refractivity (Wildman–Crippen MR) is 87.3 cm³/mol. The Morgan fingerprint density at radius 1 is 1.43 bits per heavy atom. The summed E-state index contributed by atoms with van der Waals surface area (Å²) in [6.45, 7) is 9.07. The van der Waals surface area contributed by atoms with Gasteiger partial charge < -0.3 is 20.1 Å². The second-order valence-electron chi connectivity index (χ2n) is 6.45. The minimum absolute atomic E-state index is 0.134. The molecule has 1 unspecified atom stereocenters. The molecule has 1 atom stereocenters. The number of anilines is 1. The number of methoxy groups -OCH3 is 1. The summed E-state index contributed by atoms with van der Waals surface area (Å²) in [6.07, 6.45) is 2.07. The first-order valence-corrected chi connectivity index (χ1v) is 7.78. The van der Waals surface area contributed by atoms with Crippen LogP contribution in [0.2, 0.25) is 0 Å². The molecule has 0 bridgehead atoms. The van der Waals surface area contributed by atoms with Gasteiger partial charge in [-0.2, -0.15) is 0 Å². The van der Waals surface area contributed by atoms with Crippen molar-refractivity contribution in [3.05, 3.63) is 23.8 Å². The molecule has 0 saturated carbocycles. The molecular weight excluding hydrogens is 264 g/mol. The van der Waals surface area contributed by atoms with E-state index in [9.17, 15) is 0 Å². The highest BCUT2D eigenvalue weighted by Gasteiger charge is 2.26. The first kappa shape index (κ1) is 16.1. The zero-order valence-electron chi connectivity index (χ0n) is 13.7. The third-order valence-electron chi connectivity index (χ3n) is 3.69. The third kappa shape index (κ3) is 4.90. The Balaban J connectivity index is 1.87. The van der Waals surface area contributed by atoms with Crippen molar-refractivity contribution >= 4 is 5.69 Å². The van der Waals surface area contributed by atoms with E-state index in [4.69, 9.17) is 9.47 Å². The highest BCUT2D eigenvalue weighted by molar-refractivity contribution is 5.60. The van der Waals surface area contributed by atoms with E-state index in [-0.39, 0.29) is 5.60 Å². The van der Waals surface area contributed by atoms with Gasteiger partial charge in [0.25, 0.3) is 0 Å². The topological polar surface area (TPSA) is 42.5 Å². The second kappa shape index (κ2) is 7.14. The third-order valence-corrected chi connectivity index (χ3v) is 3.69. The van der Waals surface area contributed by atoms with Gasteiger partial charge in [-0.3, -0.25) is 0 Å². The van der Waals surface area contributed by atoms with Crippen molar-refractivity contribution in [2.24, 2.45) is 0 Å². The quantitative estimate of drug-likeness (QED) is 0.758. The molecule has 1 aliphatic heterocycles. The summed E-state index contributed by atoms with van der Waals surface area (Å²) in [5.41, 5.74) is 2.31. The molecule has 0 aromatic heterocycles. The van der Waals surface area contributed by atoms with Crippen molar-refractivity contribution in [3.8, 4) is 5.75 Å². The van der Waals surface area contributed by atoms with E-state index >= 15 is 0 Å². The summed E-state index contributed by atoms with van der Waals surface area (Å²) in [7, 11) is 1.74. The van der Waals surface area contributed by atoms with Gasteiger partial charge in [-0.25, -0.2) is 0 Å². The van der Waals surface area contributed by atoms with E-state index in [2.05, 4.69) is 49.6 Å². The van der Waals surface area contributed by atoms with Gasteiger partial charge in [-0.1, -0.05) is 6.07 Å². The first-order valence-electron chi connectivity index (χ1n) is 7.78. The van der Waals surface area contributed by atoms with Crippen LogP contribution in [-0.4, -0.2) is 38.4 Å². The molecule has 1 heterocycles. The summed E-state index contributed by atoms with van der Waals surface area (Å²) >= 11 is 0. The first-order chi connectivity index (χ1) is 10.00. The fraction of sp³-hybridized carbons (Fsp3) is 0.647. The fourth-order valence-corrected chi connectivity index (χ4v) is 2.56. The number of ether oxygens (including phenoxy) is 2. The molecule has 0 fully saturated rings. The second-order valence-corrected chi connectivity index (χ2v) is 6.45. The minimum Gasteiger partial charge on any atom is -0.484 e. The molecule has 4 nitrogen and oxygen atoms in total. The zero-order valence-corrected chi connectivity index (χ0v) is 13.7. The molecule has 1 aliphatic rings. The highest BCUT2D eigenvalue weighted by Crippen LogP contribution is 2.33. The molecule has 0 amide bonds. The number of nitrogens with one attached hydrogen (secondary N) is 2. The van der Waals surface area contributed by atoms with Gasteiger partial charge >= 0.3 is 0 Å². The standard InChI is InChI=1S/C17H28N2O2/c1-13(18-8-5-9-20-4)10-14-6-7-16-15(11-14)19-12-17(2,3)21-16/h6-7,11,13,18-19H,5,8-10,12H2,1-4H3. The average Bonchev–Trinajstić information content (AvgIpc) is 2.43. The molecule has 118 valence electrons. The van der Waals surface area contributed by atoms with Gasteiger partial charge in [-0.15, -0.1) is 0 Å². The van der Waals surface area contributed by atoms with Crippen molar-refractivity contribution < 1.29 is 9.47 Å². The molecule has 21 heavy (non-hydrogen) atoms. The van der Waals surface area contributed by atoms with Gasteiger partial charge in [0.1, 0.15) is 11.4 Å². The average molecular weight is 292 g/mol. The predicted octanol–water partition coefficient (Wildman–Crippen LogP) is 2.83. The number of benzene rings is 1. The van der Waals surface area contributed by atoms with Gasteiger partial charge in [0.2, 0.25) is 0 Å². The van der Waals surface area contributed by atoms with Crippen LogP contribution in [-0.2, 0) is 11.2 Å². The number of hydrogen-bond acceptors (Lipinski definition) is 4. The summed E-state index contributed by atoms with van der Waals surface area (Å²) in [4.78, 5) is 0. The number of fused-ring (bicyclic) bond motifs is 1. The molecule has 2 N–H and O–H groups in total. The van der Waals surface area contributed by atoms with E-state index in [1.165, 1.54) is 5.56 Å². The summed E-state index contributed by atoms with van der Waals surface area (Å²) < 4.78 is 11.0. The summed E-state index contributed by atoms with van der Waals surface area (Å²) in [5, 5.41) is 6.99. The zero-order chi connectivity index (χ0) is 15.3. The van der Waals surface area contributed by atoms with Crippen molar-refractivity contribution in [3.63, 3.8) is 0 Å². The van der Waals surface area contributed by atoms with Crippen LogP contribution in [0.25, 0.3) is 0 Å². The Labute approximate surface area is 128 Å². The normalized spacial score (nSPS) is 17.5. The van der Waals surface area contributed by atoms with Crippen molar-refractivity contribution in [2.45, 2.75) is 45.3 Å². The Kier molecular flexibility index (Phi) is 5.48. The molecule has 0 spiro atoms. The monoisotopic (exact) mass is 292 g/mol. The molecule has 1 aromatic rings. The van der Waals surface area contributed by atoms with Crippen LogP contribution in [0.4, 0.5) is 5.69 Å². The Morgan fingerprint density at radius 2 is 2.24 bits per heavy atom. The van der Waals surface area contributed by atoms with Crippen LogP contribution in [0.15, 0.2) is 18.2 Å². The van der Waals surface area contributed by atoms with Crippen LogP contribution >= 0.6 is 0 Å². The lowest BCUT2D eigenvalue weighted by Crippen LogP contribution is -2.40. The van der Waals surface area contributed by atoms with Crippen molar-refractivity contribution in [2.75, 3.05) is 32.1 Å². The van der Waals surface area contributed by atoms with Gasteiger partial charge in [0.15, 0.2) is 0 Å².